The Hall–Kier alpha value is 0.536. The number of ether oxygens (including phenoxy) is 2. The van der Waals surface area contributed by atoms with Crippen LogP contribution >= 0.6 is 0 Å². The summed E-state index contributed by atoms with van der Waals surface area (Å²) in [4.78, 5) is 10.2. The first-order chi connectivity index (χ1) is 7.42. The number of halogens is 7. The van der Waals surface area contributed by atoms with E-state index in [1.807, 2.05) is 0 Å². The van der Waals surface area contributed by atoms with E-state index in [0.29, 0.717) is 0 Å². The van der Waals surface area contributed by atoms with Crippen molar-refractivity contribution in [1.82, 2.24) is 0 Å². The third-order valence-electron chi connectivity index (χ3n) is 1.83. The van der Waals surface area contributed by atoms with Gasteiger partial charge in [0.05, 0.1) is 0 Å². The van der Waals surface area contributed by atoms with Crippen molar-refractivity contribution in [3.63, 3.8) is 0 Å². The average molecular weight is 310 g/mol. The van der Waals surface area contributed by atoms with Crippen LogP contribution in [-0.4, -0.2) is 36.6 Å². The maximum atomic E-state index is 12.9. The average Bonchev–Trinajstić information content (AvgIpc) is 2.35. The molecule has 0 aromatic carbocycles. The van der Waals surface area contributed by atoms with Crippen molar-refractivity contribution in [2.45, 2.75) is 23.9 Å². The first-order valence-corrected chi connectivity index (χ1v) is 3.73. The van der Waals surface area contributed by atoms with Crippen LogP contribution in [0.3, 0.4) is 0 Å². The molecule has 0 aromatic rings. The van der Waals surface area contributed by atoms with Gasteiger partial charge in [-0.15, -0.1) is 0 Å². The topological polar surface area (TPSA) is 58.6 Å². The van der Waals surface area contributed by atoms with Crippen LogP contribution in [0.2, 0.25) is 0 Å². The molecule has 0 bridgehead atoms. The first kappa shape index (κ1) is 18.5. The second-order valence-electron chi connectivity index (χ2n) is 2.98. The van der Waals surface area contributed by atoms with Crippen LogP contribution in [0.1, 0.15) is 0 Å². The molecule has 0 N–H and O–H groups in total. The number of carbonyl (C=O) groups is 1. The van der Waals surface area contributed by atoms with Crippen molar-refractivity contribution in [2.24, 2.45) is 0 Å². The van der Waals surface area contributed by atoms with Crippen molar-refractivity contribution < 1.29 is 101 Å². The SMILES string of the molecule is O=C([O-])C1(C(F)(F)F)OC(F)(F)C(F)(CF)O1.[K+]. The maximum Gasteiger partial charge on any atom is 1.00 e. The van der Waals surface area contributed by atoms with Crippen molar-refractivity contribution in [3.8, 4) is 0 Å². The summed E-state index contributed by atoms with van der Waals surface area (Å²) in [5, 5.41) is 10.2. The van der Waals surface area contributed by atoms with E-state index in [-0.39, 0.29) is 51.4 Å². The van der Waals surface area contributed by atoms with Gasteiger partial charge in [0.1, 0.15) is 5.97 Å². The Labute approximate surface area is 137 Å². The molecule has 0 radical (unpaired) electrons. The number of carbonyl (C=O) groups excluding carboxylic acids is 1. The number of aliphatic carboxylic acids is 1. The van der Waals surface area contributed by atoms with E-state index in [1.165, 1.54) is 0 Å². The van der Waals surface area contributed by atoms with Gasteiger partial charge in [0.25, 0.3) is 0 Å². The predicted octanol–water partition coefficient (Wildman–Crippen LogP) is -2.73. The molecule has 2 atom stereocenters. The summed E-state index contributed by atoms with van der Waals surface area (Å²) in [5.74, 6) is -13.2. The summed E-state index contributed by atoms with van der Waals surface area (Å²) >= 11 is 0. The molecule has 1 saturated heterocycles. The predicted molar refractivity (Wildman–Crippen MR) is 30.7 cm³/mol. The molecular formula is C6H2F7KO4. The minimum Gasteiger partial charge on any atom is -0.544 e. The van der Waals surface area contributed by atoms with Crippen LogP contribution < -0.4 is 56.5 Å². The molecular weight excluding hydrogens is 308 g/mol. The van der Waals surface area contributed by atoms with Crippen LogP contribution in [0.5, 0.6) is 0 Å². The van der Waals surface area contributed by atoms with E-state index in [1.54, 1.807) is 0 Å². The molecule has 18 heavy (non-hydrogen) atoms. The molecule has 1 aliphatic rings. The van der Waals surface area contributed by atoms with Crippen LogP contribution in [0.4, 0.5) is 30.7 Å². The van der Waals surface area contributed by atoms with E-state index in [4.69, 9.17) is 0 Å². The smallest absolute Gasteiger partial charge is 0.544 e. The molecule has 0 aliphatic carbocycles. The van der Waals surface area contributed by atoms with Gasteiger partial charge in [-0.05, 0) is 0 Å². The van der Waals surface area contributed by atoms with Crippen molar-refractivity contribution in [1.29, 1.82) is 0 Å². The summed E-state index contributed by atoms with van der Waals surface area (Å²) in [6, 6.07) is 0. The molecule has 0 amide bonds. The normalized spacial score (nSPS) is 35.1. The quantitative estimate of drug-likeness (QED) is 0.411. The van der Waals surface area contributed by atoms with E-state index in [0.717, 1.165) is 0 Å². The number of carboxylic acid groups (broad SMARTS) is 1. The molecule has 0 aromatic heterocycles. The van der Waals surface area contributed by atoms with Crippen LogP contribution in [0.25, 0.3) is 0 Å². The number of rotatable bonds is 2. The summed E-state index contributed by atoms with van der Waals surface area (Å²) in [7, 11) is 0. The van der Waals surface area contributed by atoms with Gasteiger partial charge in [-0.3, -0.25) is 9.47 Å². The summed E-state index contributed by atoms with van der Waals surface area (Å²) in [5.41, 5.74) is 0. The zero-order chi connectivity index (χ0) is 13.7. The Morgan fingerprint density at radius 1 is 1.17 bits per heavy atom. The van der Waals surface area contributed by atoms with E-state index >= 15 is 0 Å². The largest absolute Gasteiger partial charge is 1.00 e. The van der Waals surface area contributed by atoms with Gasteiger partial charge in [-0.2, -0.15) is 26.3 Å². The Morgan fingerprint density at radius 3 is 1.78 bits per heavy atom. The van der Waals surface area contributed by atoms with Crippen LogP contribution in [0.15, 0.2) is 0 Å². The second-order valence-corrected chi connectivity index (χ2v) is 2.98. The minimum absolute atomic E-state index is 0. The van der Waals surface area contributed by atoms with Gasteiger partial charge in [0.2, 0.25) is 0 Å². The zero-order valence-electron chi connectivity index (χ0n) is 8.49. The molecule has 1 rings (SSSR count). The van der Waals surface area contributed by atoms with E-state index in [9.17, 15) is 40.6 Å². The van der Waals surface area contributed by atoms with Crippen LogP contribution in [-0.2, 0) is 14.3 Å². The Kier molecular flexibility index (Phi) is 5.30. The second kappa shape index (κ2) is 5.14. The number of alkyl halides is 7. The number of hydrogen-bond acceptors (Lipinski definition) is 4. The summed E-state index contributed by atoms with van der Waals surface area (Å²) < 4.78 is 92.4. The van der Waals surface area contributed by atoms with Gasteiger partial charge in [-0.1, -0.05) is 0 Å². The molecule has 1 fully saturated rings. The van der Waals surface area contributed by atoms with E-state index < -0.39 is 36.6 Å². The van der Waals surface area contributed by atoms with Crippen molar-refractivity contribution >= 4 is 5.97 Å². The number of hydrogen-bond donors (Lipinski definition) is 0. The molecule has 2 unspecified atom stereocenters. The third kappa shape index (κ3) is 2.55. The minimum atomic E-state index is -6.09. The molecule has 100 valence electrons. The van der Waals surface area contributed by atoms with Gasteiger partial charge in [-0.25, -0.2) is 4.39 Å². The Morgan fingerprint density at radius 2 is 1.61 bits per heavy atom. The summed E-state index contributed by atoms with van der Waals surface area (Å²) in [6.45, 7) is -2.74. The van der Waals surface area contributed by atoms with Gasteiger partial charge < -0.3 is 9.90 Å². The maximum absolute atomic E-state index is 12.9. The molecule has 1 aliphatic heterocycles. The van der Waals surface area contributed by atoms with Crippen LogP contribution in [0, 0.1) is 0 Å². The Bertz CT molecular complexity index is 347. The fourth-order valence-electron chi connectivity index (χ4n) is 0.985. The molecule has 12 heteroatoms. The zero-order valence-corrected chi connectivity index (χ0v) is 11.6. The van der Waals surface area contributed by atoms with Crippen molar-refractivity contribution in [2.75, 3.05) is 6.67 Å². The molecule has 1 heterocycles. The Balaban J connectivity index is 0.00000289. The fourth-order valence-corrected chi connectivity index (χ4v) is 0.985. The van der Waals surface area contributed by atoms with Gasteiger partial charge in [0.15, 0.2) is 6.67 Å². The monoisotopic (exact) mass is 310 g/mol. The molecule has 0 spiro atoms. The molecule has 4 nitrogen and oxygen atoms in total. The first-order valence-electron chi connectivity index (χ1n) is 3.73. The van der Waals surface area contributed by atoms with Gasteiger partial charge in [0, 0.05) is 0 Å². The number of carboxylic acids is 1. The van der Waals surface area contributed by atoms with Gasteiger partial charge >= 0.3 is 75.3 Å². The van der Waals surface area contributed by atoms with Crippen molar-refractivity contribution in [3.05, 3.63) is 0 Å². The summed E-state index contributed by atoms with van der Waals surface area (Å²) in [6.07, 6.45) is -11.5. The molecule has 0 saturated carbocycles. The fraction of sp³-hybridized carbons (Fsp3) is 0.833. The van der Waals surface area contributed by atoms with E-state index in [2.05, 4.69) is 9.47 Å². The third-order valence-corrected chi connectivity index (χ3v) is 1.83. The standard InChI is InChI=1S/C6H3F7O4.K/c7-1-3(8)6(12,13)17-4(16-3,2(14)15)5(9,10)11;/h1H2,(H,14,15);/q;+1/p-1.